The van der Waals surface area contributed by atoms with Gasteiger partial charge in [-0.3, -0.25) is 4.98 Å². The third-order valence-electron chi connectivity index (χ3n) is 4.12. The molecule has 1 saturated heterocycles. The number of nitrogens with zero attached hydrogens (tertiary/aromatic N) is 2. The number of rotatable bonds is 2. The molecule has 3 rings (SSSR count). The molecular formula is C14H19BN2O3. The second kappa shape index (κ2) is 4.57. The topological polar surface area (TPSA) is 52.9 Å². The normalized spacial score (nSPS) is 23.6. The SMILES string of the molecule is CC1(C)OB(c2cncc(C3=NCCO3)c2)OC1(C)C. The standard InChI is InChI=1S/C14H19BN2O3/c1-13(2)14(3,4)20-15(19-13)11-7-10(8-16-9-11)12-17-5-6-18-12/h7-9H,5-6H2,1-4H3. The van der Waals surface area contributed by atoms with Crippen molar-refractivity contribution >= 4 is 18.5 Å². The number of aliphatic imine (C=N–C) groups is 1. The van der Waals surface area contributed by atoms with Gasteiger partial charge < -0.3 is 14.0 Å². The maximum Gasteiger partial charge on any atom is 0.496 e. The molecule has 0 spiro atoms. The van der Waals surface area contributed by atoms with Crippen LogP contribution in [0.4, 0.5) is 0 Å². The van der Waals surface area contributed by atoms with E-state index in [9.17, 15) is 0 Å². The van der Waals surface area contributed by atoms with Crippen LogP contribution >= 0.6 is 0 Å². The molecule has 106 valence electrons. The van der Waals surface area contributed by atoms with Gasteiger partial charge in [0.25, 0.3) is 0 Å². The zero-order valence-electron chi connectivity index (χ0n) is 12.3. The van der Waals surface area contributed by atoms with Crippen molar-refractivity contribution in [1.29, 1.82) is 0 Å². The summed E-state index contributed by atoms with van der Waals surface area (Å²) in [6, 6.07) is 1.97. The smallest absolute Gasteiger partial charge is 0.475 e. The summed E-state index contributed by atoms with van der Waals surface area (Å²) in [7, 11) is -0.408. The fourth-order valence-electron chi connectivity index (χ4n) is 2.19. The summed E-state index contributed by atoms with van der Waals surface area (Å²) >= 11 is 0. The van der Waals surface area contributed by atoms with Crippen LogP contribution in [0.3, 0.4) is 0 Å². The Bertz CT molecular complexity index is 541. The van der Waals surface area contributed by atoms with Crippen LogP contribution in [-0.2, 0) is 14.0 Å². The molecule has 0 saturated carbocycles. The third-order valence-corrected chi connectivity index (χ3v) is 4.12. The van der Waals surface area contributed by atoms with E-state index < -0.39 is 7.12 Å². The van der Waals surface area contributed by atoms with E-state index >= 15 is 0 Å². The van der Waals surface area contributed by atoms with Crippen LogP contribution in [0.5, 0.6) is 0 Å². The summed E-state index contributed by atoms with van der Waals surface area (Å²) in [5.41, 5.74) is 1.05. The van der Waals surface area contributed by atoms with Crippen LogP contribution in [0, 0.1) is 0 Å². The highest BCUT2D eigenvalue weighted by Gasteiger charge is 2.51. The molecule has 1 aromatic rings. The number of pyridine rings is 1. The van der Waals surface area contributed by atoms with Gasteiger partial charge in [-0.2, -0.15) is 0 Å². The van der Waals surface area contributed by atoms with Crippen molar-refractivity contribution in [2.24, 2.45) is 4.99 Å². The molecule has 0 aliphatic carbocycles. The monoisotopic (exact) mass is 274 g/mol. The van der Waals surface area contributed by atoms with Crippen molar-refractivity contribution < 1.29 is 14.0 Å². The lowest BCUT2D eigenvalue weighted by Crippen LogP contribution is -2.41. The molecule has 0 atom stereocenters. The van der Waals surface area contributed by atoms with Crippen LogP contribution in [0.15, 0.2) is 23.5 Å². The predicted molar refractivity (Wildman–Crippen MR) is 77.3 cm³/mol. The molecule has 5 nitrogen and oxygen atoms in total. The molecule has 0 unspecified atom stereocenters. The van der Waals surface area contributed by atoms with Crippen LogP contribution < -0.4 is 5.46 Å². The summed E-state index contributed by atoms with van der Waals surface area (Å²) in [6.07, 6.45) is 3.51. The van der Waals surface area contributed by atoms with E-state index in [0.717, 1.165) is 11.0 Å². The Morgan fingerprint density at radius 3 is 2.40 bits per heavy atom. The Kier molecular flexibility index (Phi) is 3.10. The van der Waals surface area contributed by atoms with Gasteiger partial charge in [-0.15, -0.1) is 0 Å². The first-order chi connectivity index (χ1) is 9.39. The van der Waals surface area contributed by atoms with Crippen molar-refractivity contribution in [3.63, 3.8) is 0 Å². The molecule has 0 aromatic carbocycles. The largest absolute Gasteiger partial charge is 0.496 e. The lowest BCUT2D eigenvalue weighted by Gasteiger charge is -2.32. The Morgan fingerprint density at radius 2 is 1.80 bits per heavy atom. The maximum absolute atomic E-state index is 6.02. The first-order valence-electron chi connectivity index (χ1n) is 6.87. The van der Waals surface area contributed by atoms with E-state index in [1.165, 1.54) is 0 Å². The van der Waals surface area contributed by atoms with Crippen LogP contribution in [0.2, 0.25) is 0 Å². The summed E-state index contributed by atoms with van der Waals surface area (Å²) < 4.78 is 17.5. The number of hydrogen-bond acceptors (Lipinski definition) is 5. The Labute approximate surface area is 119 Å². The van der Waals surface area contributed by atoms with Crippen molar-refractivity contribution in [1.82, 2.24) is 4.98 Å². The Morgan fingerprint density at radius 1 is 1.10 bits per heavy atom. The molecule has 1 fully saturated rings. The molecule has 1 aromatic heterocycles. The van der Waals surface area contributed by atoms with Gasteiger partial charge in [0.1, 0.15) is 6.61 Å². The van der Waals surface area contributed by atoms with Crippen molar-refractivity contribution in [3.8, 4) is 0 Å². The van der Waals surface area contributed by atoms with E-state index in [2.05, 4.69) is 9.98 Å². The first-order valence-corrected chi connectivity index (χ1v) is 6.87. The summed E-state index contributed by atoms with van der Waals surface area (Å²) in [4.78, 5) is 8.55. The lowest BCUT2D eigenvalue weighted by atomic mass is 9.80. The second-order valence-electron chi connectivity index (χ2n) is 6.13. The van der Waals surface area contributed by atoms with Gasteiger partial charge in [-0.25, -0.2) is 4.99 Å². The van der Waals surface area contributed by atoms with Gasteiger partial charge in [0, 0.05) is 17.9 Å². The van der Waals surface area contributed by atoms with E-state index in [1.807, 2.05) is 33.8 Å². The number of hydrogen-bond donors (Lipinski definition) is 0. The highest BCUT2D eigenvalue weighted by molar-refractivity contribution is 6.62. The lowest BCUT2D eigenvalue weighted by molar-refractivity contribution is 0.00578. The molecular weight excluding hydrogens is 255 g/mol. The van der Waals surface area contributed by atoms with E-state index in [4.69, 9.17) is 14.0 Å². The molecule has 0 bridgehead atoms. The average molecular weight is 274 g/mol. The number of aromatic nitrogens is 1. The van der Waals surface area contributed by atoms with Crippen molar-refractivity contribution in [3.05, 3.63) is 24.0 Å². The minimum Gasteiger partial charge on any atom is -0.475 e. The summed E-state index contributed by atoms with van der Waals surface area (Å²) in [6.45, 7) is 9.48. The highest BCUT2D eigenvalue weighted by atomic mass is 16.7. The van der Waals surface area contributed by atoms with Gasteiger partial charge in [-0.05, 0) is 33.8 Å². The zero-order chi connectivity index (χ0) is 14.4. The van der Waals surface area contributed by atoms with E-state index in [-0.39, 0.29) is 11.2 Å². The van der Waals surface area contributed by atoms with Gasteiger partial charge in [0.2, 0.25) is 5.90 Å². The van der Waals surface area contributed by atoms with Crippen LogP contribution in [-0.4, -0.2) is 42.4 Å². The van der Waals surface area contributed by atoms with Crippen molar-refractivity contribution in [2.45, 2.75) is 38.9 Å². The fourth-order valence-corrected chi connectivity index (χ4v) is 2.19. The minimum atomic E-state index is -0.408. The number of ether oxygens (including phenoxy) is 1. The molecule has 2 aliphatic heterocycles. The van der Waals surface area contributed by atoms with E-state index in [1.54, 1.807) is 12.4 Å². The molecule has 3 heterocycles. The molecule has 20 heavy (non-hydrogen) atoms. The summed E-state index contributed by atoms with van der Waals surface area (Å²) in [5, 5.41) is 0. The van der Waals surface area contributed by atoms with Gasteiger partial charge in [0.15, 0.2) is 0 Å². The molecule has 0 N–H and O–H groups in total. The Hall–Kier alpha value is -1.40. The zero-order valence-corrected chi connectivity index (χ0v) is 12.3. The predicted octanol–water partition coefficient (Wildman–Crippen LogP) is 1.16. The Balaban J connectivity index is 1.87. The average Bonchev–Trinajstić information content (AvgIpc) is 2.97. The van der Waals surface area contributed by atoms with Gasteiger partial charge >= 0.3 is 7.12 Å². The van der Waals surface area contributed by atoms with E-state index in [0.29, 0.717) is 19.0 Å². The molecule has 0 radical (unpaired) electrons. The van der Waals surface area contributed by atoms with Crippen LogP contribution in [0.25, 0.3) is 0 Å². The first kappa shape index (κ1) is 13.6. The molecule has 6 heteroatoms. The highest BCUT2D eigenvalue weighted by Crippen LogP contribution is 2.36. The quantitative estimate of drug-likeness (QED) is 0.759. The fraction of sp³-hybridized carbons (Fsp3) is 0.571. The van der Waals surface area contributed by atoms with Crippen LogP contribution in [0.1, 0.15) is 33.3 Å². The second-order valence-corrected chi connectivity index (χ2v) is 6.13. The van der Waals surface area contributed by atoms with Gasteiger partial charge in [0.05, 0.1) is 23.3 Å². The third kappa shape index (κ3) is 2.23. The maximum atomic E-state index is 6.02. The van der Waals surface area contributed by atoms with Crippen molar-refractivity contribution in [2.75, 3.05) is 13.2 Å². The minimum absolute atomic E-state index is 0.352. The molecule has 0 amide bonds. The summed E-state index contributed by atoms with van der Waals surface area (Å²) in [5.74, 6) is 0.649. The van der Waals surface area contributed by atoms with Gasteiger partial charge in [-0.1, -0.05) is 0 Å². The molecule has 2 aliphatic rings.